The minimum absolute atomic E-state index is 0.0427. The molecule has 2 aliphatic carbocycles. The molecule has 162 valence electrons. The summed E-state index contributed by atoms with van der Waals surface area (Å²) in [5.41, 5.74) is -2.47. The minimum atomic E-state index is -1.04. The average Bonchev–Trinajstić information content (AvgIpc) is 3.12. The van der Waals surface area contributed by atoms with Crippen LogP contribution in [0.4, 0.5) is 0 Å². The van der Waals surface area contributed by atoms with Gasteiger partial charge in [0.1, 0.15) is 29.5 Å². The summed E-state index contributed by atoms with van der Waals surface area (Å²) in [6.07, 6.45) is 5.77. The Bertz CT molecular complexity index is 901. The quantitative estimate of drug-likeness (QED) is 0.551. The van der Waals surface area contributed by atoms with Crippen molar-refractivity contribution < 1.29 is 33.0 Å². The summed E-state index contributed by atoms with van der Waals surface area (Å²) in [4.78, 5) is 39.2. The first kappa shape index (κ1) is 19.8. The van der Waals surface area contributed by atoms with Gasteiger partial charge in [-0.25, -0.2) is 0 Å². The maximum Gasteiger partial charge on any atom is 0.313 e. The number of cyclic esters (lactones) is 1. The van der Waals surface area contributed by atoms with Crippen LogP contribution < -0.4 is 0 Å². The van der Waals surface area contributed by atoms with Gasteiger partial charge in [0.2, 0.25) is 0 Å². The standard InChI is InChI=1S/C23H28O7/c1-14-9-18(25)23(13-28-15(2)24)20(3,6-4-7-21(23)12-29-21)22(14)10-17(30-19(22)26)16-5-8-27-11-16/h5,8,11,14,17H,4,6-7,9-10,12-13H2,1-3H3/t14-,17+,20-,21+,22+,23-/m1/s1. The van der Waals surface area contributed by atoms with Crippen molar-refractivity contribution >= 4 is 17.7 Å². The molecule has 2 saturated heterocycles. The summed E-state index contributed by atoms with van der Waals surface area (Å²) in [5.74, 6) is -0.833. The van der Waals surface area contributed by atoms with Gasteiger partial charge >= 0.3 is 11.9 Å². The molecular weight excluding hydrogens is 388 g/mol. The molecule has 6 atom stereocenters. The average molecular weight is 416 g/mol. The van der Waals surface area contributed by atoms with Crippen molar-refractivity contribution in [1.29, 1.82) is 0 Å². The first-order chi connectivity index (χ1) is 14.2. The van der Waals surface area contributed by atoms with Crippen molar-refractivity contribution in [3.05, 3.63) is 24.2 Å². The molecule has 0 aromatic carbocycles. The summed E-state index contributed by atoms with van der Waals surface area (Å²) < 4.78 is 22.6. The van der Waals surface area contributed by atoms with Crippen molar-refractivity contribution in [3.63, 3.8) is 0 Å². The number of esters is 2. The molecule has 2 spiro atoms. The van der Waals surface area contributed by atoms with E-state index in [0.717, 1.165) is 18.4 Å². The Hall–Kier alpha value is -2.15. The van der Waals surface area contributed by atoms with E-state index in [1.807, 2.05) is 19.9 Å². The maximum atomic E-state index is 13.8. The monoisotopic (exact) mass is 416 g/mol. The van der Waals surface area contributed by atoms with E-state index in [1.165, 1.54) is 6.92 Å². The van der Waals surface area contributed by atoms with Crippen molar-refractivity contribution in [1.82, 2.24) is 0 Å². The lowest BCUT2D eigenvalue weighted by Crippen LogP contribution is -2.72. The molecule has 1 aromatic rings. The molecule has 0 unspecified atom stereocenters. The normalized spacial score (nSPS) is 44.8. The van der Waals surface area contributed by atoms with Crippen LogP contribution in [0.3, 0.4) is 0 Å². The van der Waals surface area contributed by atoms with Crippen molar-refractivity contribution in [2.75, 3.05) is 13.2 Å². The molecular formula is C23H28O7. The zero-order valence-electron chi connectivity index (χ0n) is 17.7. The van der Waals surface area contributed by atoms with E-state index in [4.69, 9.17) is 18.6 Å². The van der Waals surface area contributed by atoms with Gasteiger partial charge in [-0.2, -0.15) is 0 Å². The lowest BCUT2D eigenvalue weighted by atomic mass is 9.36. The SMILES string of the molecule is CC(=O)OC[C@@]12C(=O)C[C@@H](C)[C@]3(C[C@@H](c4ccoc4)OC3=O)[C@@]1(C)CCC[C@]21CO1. The van der Waals surface area contributed by atoms with Crippen LogP contribution in [0.5, 0.6) is 0 Å². The smallest absolute Gasteiger partial charge is 0.313 e. The third-order valence-electron chi connectivity index (χ3n) is 8.79. The van der Waals surface area contributed by atoms with Gasteiger partial charge in [0.05, 0.1) is 24.5 Å². The first-order valence-electron chi connectivity index (χ1n) is 10.8. The van der Waals surface area contributed by atoms with E-state index in [-0.39, 0.29) is 30.7 Å². The molecule has 7 heteroatoms. The van der Waals surface area contributed by atoms with Crippen LogP contribution in [0, 0.1) is 22.2 Å². The zero-order chi connectivity index (χ0) is 21.4. The van der Waals surface area contributed by atoms with Crippen molar-refractivity contribution in [3.8, 4) is 0 Å². The number of epoxide rings is 1. The van der Waals surface area contributed by atoms with Crippen LogP contribution >= 0.6 is 0 Å². The fraction of sp³-hybridized carbons (Fsp3) is 0.696. The highest BCUT2D eigenvalue weighted by atomic mass is 16.6. The largest absolute Gasteiger partial charge is 0.472 e. The van der Waals surface area contributed by atoms with E-state index in [0.29, 0.717) is 19.4 Å². The molecule has 2 aliphatic heterocycles. The molecule has 30 heavy (non-hydrogen) atoms. The number of rotatable bonds is 3. The second-order valence-corrected chi connectivity index (χ2v) is 9.81. The predicted octanol–water partition coefficient (Wildman–Crippen LogP) is 3.37. The Labute approximate surface area is 175 Å². The van der Waals surface area contributed by atoms with E-state index in [2.05, 4.69) is 0 Å². The van der Waals surface area contributed by atoms with Gasteiger partial charge in [0.15, 0.2) is 0 Å². The van der Waals surface area contributed by atoms with Gasteiger partial charge in [0, 0.05) is 30.7 Å². The highest BCUT2D eigenvalue weighted by molar-refractivity contribution is 5.94. The van der Waals surface area contributed by atoms with E-state index >= 15 is 0 Å². The summed E-state index contributed by atoms with van der Waals surface area (Å²) >= 11 is 0. The number of furan rings is 1. The Morgan fingerprint density at radius 1 is 1.30 bits per heavy atom. The maximum absolute atomic E-state index is 13.8. The summed E-state index contributed by atoms with van der Waals surface area (Å²) in [6, 6.07) is 1.82. The van der Waals surface area contributed by atoms with Gasteiger partial charge in [-0.05, 0) is 31.2 Å². The number of carbonyl (C=O) groups is 3. The van der Waals surface area contributed by atoms with Gasteiger partial charge in [-0.15, -0.1) is 0 Å². The fourth-order valence-corrected chi connectivity index (χ4v) is 7.20. The molecule has 0 amide bonds. The lowest BCUT2D eigenvalue weighted by Gasteiger charge is -2.64. The summed E-state index contributed by atoms with van der Waals surface area (Å²) in [7, 11) is 0. The number of hydrogen-bond acceptors (Lipinski definition) is 7. The highest BCUT2D eigenvalue weighted by Gasteiger charge is 2.82. The van der Waals surface area contributed by atoms with Crippen molar-refractivity contribution in [2.24, 2.45) is 22.2 Å². The summed E-state index contributed by atoms with van der Waals surface area (Å²) in [5, 5.41) is 0. The molecule has 0 radical (unpaired) electrons. The molecule has 7 nitrogen and oxygen atoms in total. The molecule has 2 saturated carbocycles. The number of hydrogen-bond donors (Lipinski definition) is 0. The lowest BCUT2D eigenvalue weighted by molar-refractivity contribution is -0.216. The number of ether oxygens (including phenoxy) is 3. The fourth-order valence-electron chi connectivity index (χ4n) is 7.20. The van der Waals surface area contributed by atoms with Crippen LogP contribution in [0.25, 0.3) is 0 Å². The van der Waals surface area contributed by atoms with Gasteiger partial charge in [-0.3, -0.25) is 14.4 Å². The third kappa shape index (κ3) is 2.17. The van der Waals surface area contributed by atoms with Gasteiger partial charge < -0.3 is 18.6 Å². The Morgan fingerprint density at radius 3 is 2.70 bits per heavy atom. The van der Waals surface area contributed by atoms with E-state index < -0.39 is 33.9 Å². The van der Waals surface area contributed by atoms with Gasteiger partial charge in [-0.1, -0.05) is 13.8 Å². The first-order valence-corrected chi connectivity index (χ1v) is 10.8. The molecule has 5 rings (SSSR count). The Balaban J connectivity index is 1.66. The third-order valence-corrected chi connectivity index (χ3v) is 8.79. The molecule has 0 bridgehead atoms. The molecule has 4 fully saturated rings. The molecule has 1 aromatic heterocycles. The van der Waals surface area contributed by atoms with Crippen LogP contribution in [0.2, 0.25) is 0 Å². The second-order valence-electron chi connectivity index (χ2n) is 9.81. The Morgan fingerprint density at radius 2 is 2.07 bits per heavy atom. The summed E-state index contributed by atoms with van der Waals surface area (Å²) in [6.45, 7) is 5.77. The topological polar surface area (TPSA) is 95.3 Å². The van der Waals surface area contributed by atoms with Crippen LogP contribution in [0.1, 0.15) is 64.5 Å². The molecule has 4 aliphatic rings. The zero-order valence-corrected chi connectivity index (χ0v) is 17.7. The van der Waals surface area contributed by atoms with Gasteiger partial charge in [0.25, 0.3) is 0 Å². The molecule has 0 N–H and O–H groups in total. The number of carbonyl (C=O) groups excluding carboxylic acids is 3. The Kier molecular flexibility index (Phi) is 4.08. The second kappa shape index (κ2) is 6.19. The highest BCUT2D eigenvalue weighted by Crippen LogP contribution is 2.75. The van der Waals surface area contributed by atoms with Crippen LogP contribution in [-0.2, 0) is 28.6 Å². The molecule has 3 heterocycles. The number of Topliss-reactive ketones (excluding diaryl/α,β-unsaturated/α-hetero) is 1. The van der Waals surface area contributed by atoms with E-state index in [9.17, 15) is 14.4 Å². The number of fused-ring (bicyclic) bond motifs is 3. The number of ketones is 1. The van der Waals surface area contributed by atoms with Crippen LogP contribution in [0.15, 0.2) is 23.0 Å². The predicted molar refractivity (Wildman–Crippen MR) is 103 cm³/mol. The van der Waals surface area contributed by atoms with Crippen molar-refractivity contribution in [2.45, 2.75) is 64.6 Å². The van der Waals surface area contributed by atoms with E-state index in [1.54, 1.807) is 12.5 Å². The minimum Gasteiger partial charge on any atom is -0.472 e. The van der Waals surface area contributed by atoms with Crippen LogP contribution in [-0.4, -0.2) is 36.5 Å².